The fraction of sp³-hybridized carbons (Fsp3) is 0.900. The third-order valence-electron chi connectivity index (χ3n) is 15.9. The summed E-state index contributed by atoms with van der Waals surface area (Å²) in [6, 6.07) is 0. The first kappa shape index (κ1) is 116. The first-order valence-electron chi connectivity index (χ1n) is 39.8. The number of carbonyl (C=O) groups is 8. The molecule has 576 valence electrons. The van der Waals surface area contributed by atoms with E-state index in [2.05, 4.69) is 55.4 Å². The SMILES string of the molecule is CCCCCCCCCC(=O)[O-].CCCCCCCCCC(=O)[O-].CCCCCCCCCC(=O)[O-].CCCCCCCCCC(=O)[O-].CCCCCCCCCC(=O)[O-].CCCCCCCCCC(=O)[O-].CCCCCCCCCC(=O)[O-].CCCCCCCCCC(=O)[O-].[B+3].[Zr+4]. The maximum absolute atomic E-state index is 10.0. The quantitative estimate of drug-likeness (QED) is 0.0403. The molecule has 0 bridgehead atoms. The van der Waals surface area contributed by atoms with Crippen LogP contribution in [0.2, 0.25) is 0 Å². The van der Waals surface area contributed by atoms with Crippen LogP contribution in [0.25, 0.3) is 0 Å². The van der Waals surface area contributed by atoms with E-state index in [-0.39, 0.29) is 86.0 Å². The van der Waals surface area contributed by atoms with Crippen molar-refractivity contribution in [3.05, 3.63) is 0 Å². The monoisotopic (exact) mass is 1470 g/mol. The molecule has 0 spiro atoms. The van der Waals surface area contributed by atoms with Crippen LogP contribution in [0.3, 0.4) is 0 Å². The van der Waals surface area contributed by atoms with Crippen LogP contribution in [0.5, 0.6) is 0 Å². The van der Waals surface area contributed by atoms with Gasteiger partial charge in [0.15, 0.2) is 0 Å². The molecule has 0 aliphatic heterocycles. The molecule has 0 aromatic rings. The van der Waals surface area contributed by atoms with Gasteiger partial charge in [0.2, 0.25) is 0 Å². The van der Waals surface area contributed by atoms with Gasteiger partial charge in [-0.1, -0.05) is 364 Å². The second-order valence-corrected chi connectivity index (χ2v) is 25.9. The molecule has 0 N–H and O–H groups in total. The number of hydrogen-bond acceptors (Lipinski definition) is 16. The van der Waals surface area contributed by atoms with Crippen molar-refractivity contribution in [1.29, 1.82) is 0 Å². The second kappa shape index (κ2) is 112. The summed E-state index contributed by atoms with van der Waals surface area (Å²) in [5, 5.41) is 80.2. The minimum Gasteiger partial charge on any atom is -0.550 e. The smallest absolute Gasteiger partial charge is 0.550 e. The molecule has 0 radical (unpaired) electrons. The normalized spacial score (nSPS) is 9.88. The second-order valence-electron chi connectivity index (χ2n) is 25.9. The van der Waals surface area contributed by atoms with Crippen molar-refractivity contribution < 1.29 is 105 Å². The van der Waals surface area contributed by atoms with E-state index < -0.39 is 47.8 Å². The Kier molecular flexibility index (Phi) is 133. The molecular weight excluding hydrogens is 1320 g/mol. The maximum atomic E-state index is 10.0. The third-order valence-corrected chi connectivity index (χ3v) is 15.9. The topological polar surface area (TPSA) is 321 Å². The van der Waals surface area contributed by atoms with Crippen LogP contribution in [-0.4, -0.2) is 56.2 Å². The Hall–Kier alpha value is -3.29. The Morgan fingerprint density at radius 1 is 0.143 bits per heavy atom. The molecule has 0 amide bonds. The Morgan fingerprint density at radius 2 is 0.204 bits per heavy atom. The van der Waals surface area contributed by atoms with E-state index in [9.17, 15) is 79.2 Å². The van der Waals surface area contributed by atoms with Crippen molar-refractivity contribution in [2.24, 2.45) is 0 Å². The molecule has 18 heteroatoms. The summed E-state index contributed by atoms with van der Waals surface area (Å²) >= 11 is 0. The zero-order valence-electron chi connectivity index (χ0n) is 64.9. The van der Waals surface area contributed by atoms with Crippen LogP contribution >= 0.6 is 0 Å². The van der Waals surface area contributed by atoms with Gasteiger partial charge in [0.25, 0.3) is 0 Å². The van der Waals surface area contributed by atoms with E-state index >= 15 is 0 Å². The average molecular weight is 1470 g/mol. The minimum absolute atomic E-state index is 0. The van der Waals surface area contributed by atoms with Crippen LogP contribution in [0.4, 0.5) is 0 Å². The molecule has 16 nitrogen and oxygen atoms in total. The molecule has 0 rings (SSSR count). The number of carboxylic acids is 8. The van der Waals surface area contributed by atoms with Crippen LogP contribution in [0.15, 0.2) is 0 Å². The standard InChI is InChI=1S/8C10H20O2.B.Zr/c8*1-2-3-4-5-6-7-8-9-10(11)12;;/h8*2-9H2,1H3,(H,11,12);;/q;;;;;;;;+3;+4/p-8. The first-order valence-corrected chi connectivity index (χ1v) is 39.8. The summed E-state index contributed by atoms with van der Waals surface area (Å²) < 4.78 is 0. The van der Waals surface area contributed by atoms with Gasteiger partial charge in [-0.25, -0.2) is 0 Å². The summed E-state index contributed by atoms with van der Waals surface area (Å²) in [5.74, 6) is -7.31. The summed E-state index contributed by atoms with van der Waals surface area (Å²) in [5.41, 5.74) is 0. The zero-order valence-corrected chi connectivity index (χ0v) is 67.3. The van der Waals surface area contributed by atoms with Gasteiger partial charge in [0.1, 0.15) is 0 Å². The van der Waals surface area contributed by atoms with Gasteiger partial charge < -0.3 is 79.2 Å². The maximum Gasteiger partial charge on any atom is 4.00 e. The number of carboxylic acid groups (broad SMARTS) is 8. The van der Waals surface area contributed by atoms with Gasteiger partial charge in [-0.2, -0.15) is 0 Å². The van der Waals surface area contributed by atoms with Crippen molar-refractivity contribution in [3.63, 3.8) is 0 Å². The van der Waals surface area contributed by atoms with E-state index in [1.807, 2.05) is 0 Å². The zero-order chi connectivity index (χ0) is 73.9. The fourth-order valence-electron chi connectivity index (χ4n) is 9.81. The number of carbonyl (C=O) groups excluding carboxylic acids is 8. The van der Waals surface area contributed by atoms with Crippen molar-refractivity contribution >= 4 is 56.2 Å². The van der Waals surface area contributed by atoms with Gasteiger partial charge in [0, 0.05) is 47.8 Å². The molecule has 98 heavy (non-hydrogen) atoms. The van der Waals surface area contributed by atoms with Crippen LogP contribution in [0.1, 0.15) is 466 Å². The summed E-state index contributed by atoms with van der Waals surface area (Å²) in [6.07, 6.45) is 66.7. The first-order chi connectivity index (χ1) is 46.2. The van der Waals surface area contributed by atoms with Gasteiger partial charge in [-0.3, -0.25) is 0 Å². The molecule has 0 aliphatic carbocycles. The van der Waals surface area contributed by atoms with E-state index in [0.717, 1.165) is 103 Å². The van der Waals surface area contributed by atoms with Crippen LogP contribution in [0, 0.1) is 0 Å². The van der Waals surface area contributed by atoms with E-state index in [0.29, 0.717) is 0 Å². The Balaban J connectivity index is -0.000000113. The minimum atomic E-state index is -0.913. The molecule has 0 heterocycles. The molecule has 0 aromatic heterocycles. The van der Waals surface area contributed by atoms with Crippen molar-refractivity contribution in [1.82, 2.24) is 0 Å². The predicted molar refractivity (Wildman–Crippen MR) is 387 cm³/mol. The Labute approximate surface area is 624 Å². The largest absolute Gasteiger partial charge is 4.00 e. The van der Waals surface area contributed by atoms with E-state index in [1.165, 1.54) is 257 Å². The third kappa shape index (κ3) is 165. The van der Waals surface area contributed by atoms with Crippen molar-refractivity contribution in [2.75, 3.05) is 0 Å². The molecule has 0 atom stereocenters. The van der Waals surface area contributed by atoms with Gasteiger partial charge in [-0.15, -0.1) is 0 Å². The number of hydrogen-bond donors (Lipinski definition) is 0. The summed E-state index contributed by atoms with van der Waals surface area (Å²) in [6.45, 7) is 17.5. The molecule has 0 saturated heterocycles. The molecular formula is C80H152BO16Zr-. The van der Waals surface area contributed by atoms with E-state index in [1.54, 1.807) is 0 Å². The van der Waals surface area contributed by atoms with Crippen molar-refractivity contribution in [2.45, 2.75) is 466 Å². The van der Waals surface area contributed by atoms with Gasteiger partial charge in [-0.05, 0) is 103 Å². The number of aliphatic carboxylic acids is 8. The van der Waals surface area contributed by atoms with Crippen LogP contribution < -0.4 is 40.9 Å². The molecule has 0 fully saturated rings. The van der Waals surface area contributed by atoms with E-state index in [4.69, 9.17) is 0 Å². The Bertz CT molecular complexity index is 1240. The summed E-state index contributed by atoms with van der Waals surface area (Å²) in [4.78, 5) is 80.2. The Morgan fingerprint density at radius 3 is 0.265 bits per heavy atom. The predicted octanol–water partition coefficient (Wildman–Crippen LogP) is 14.6. The van der Waals surface area contributed by atoms with Crippen molar-refractivity contribution in [3.8, 4) is 0 Å². The fourth-order valence-corrected chi connectivity index (χ4v) is 9.81. The number of unbranched alkanes of at least 4 members (excludes halogenated alkanes) is 48. The average Bonchev–Trinajstić information content (AvgIpc) is 3.56. The van der Waals surface area contributed by atoms with Gasteiger partial charge >= 0.3 is 34.6 Å². The molecule has 0 aliphatic rings. The summed E-state index contributed by atoms with van der Waals surface area (Å²) in [7, 11) is 0. The molecule has 0 saturated carbocycles. The molecule has 0 aromatic carbocycles. The molecule has 0 unspecified atom stereocenters. The van der Waals surface area contributed by atoms with Crippen LogP contribution in [-0.2, 0) is 64.6 Å². The number of rotatable bonds is 64. The van der Waals surface area contributed by atoms with Gasteiger partial charge in [0.05, 0.1) is 0 Å².